The number of hydrogen-bond donors (Lipinski definition) is 1. The maximum Gasteiger partial charge on any atom is 0.264 e. The first kappa shape index (κ1) is 18.7. The monoisotopic (exact) mass is 348 g/mol. The van der Waals surface area contributed by atoms with E-state index in [0.717, 1.165) is 18.5 Å². The molecule has 2 aromatic rings. The topological polar surface area (TPSA) is 62.7 Å². The standard InChI is InChI=1S/C18H25N2O3P/c1-4-5-14-23-24(22,18(21)15-10-12-19-13-11-15)17-8-6-16(7-9-17)20(2)3/h6-13,18,21H,4-5,14H2,1-3H3/t18-,24-/m0/s1. The number of pyridine rings is 1. The van der Waals surface area contributed by atoms with Gasteiger partial charge in [0, 0.05) is 37.5 Å². The lowest BCUT2D eigenvalue weighted by molar-refractivity contribution is 0.212. The van der Waals surface area contributed by atoms with E-state index in [1.807, 2.05) is 38.1 Å². The molecule has 0 aliphatic carbocycles. The van der Waals surface area contributed by atoms with Gasteiger partial charge in [-0.3, -0.25) is 9.55 Å². The number of aromatic nitrogens is 1. The molecule has 0 saturated carbocycles. The first-order valence-electron chi connectivity index (χ1n) is 8.09. The zero-order chi connectivity index (χ0) is 17.6. The van der Waals surface area contributed by atoms with E-state index in [2.05, 4.69) is 4.98 Å². The van der Waals surface area contributed by atoms with Gasteiger partial charge in [0.05, 0.1) is 6.61 Å². The molecule has 0 unspecified atom stereocenters. The first-order valence-corrected chi connectivity index (χ1v) is 9.78. The van der Waals surface area contributed by atoms with Crippen molar-refractivity contribution >= 4 is 18.4 Å². The van der Waals surface area contributed by atoms with Gasteiger partial charge in [0.15, 0.2) is 5.85 Å². The van der Waals surface area contributed by atoms with Gasteiger partial charge < -0.3 is 14.5 Å². The molecule has 1 aromatic heterocycles. The number of benzene rings is 1. The van der Waals surface area contributed by atoms with Gasteiger partial charge >= 0.3 is 0 Å². The molecule has 1 N–H and O–H groups in total. The molecule has 0 saturated heterocycles. The van der Waals surface area contributed by atoms with Crippen molar-refractivity contribution in [1.29, 1.82) is 0 Å². The molecule has 0 aliphatic rings. The van der Waals surface area contributed by atoms with Crippen LogP contribution in [0.15, 0.2) is 48.8 Å². The predicted molar refractivity (Wildman–Crippen MR) is 98.1 cm³/mol. The van der Waals surface area contributed by atoms with E-state index in [4.69, 9.17) is 4.52 Å². The van der Waals surface area contributed by atoms with E-state index in [-0.39, 0.29) is 0 Å². The summed E-state index contributed by atoms with van der Waals surface area (Å²) in [6, 6.07) is 10.6. The molecule has 0 bridgehead atoms. The molecule has 0 fully saturated rings. The lowest BCUT2D eigenvalue weighted by atomic mass is 10.3. The Hall–Kier alpha value is -1.68. The maximum atomic E-state index is 13.6. The van der Waals surface area contributed by atoms with Crippen molar-refractivity contribution in [2.45, 2.75) is 25.6 Å². The number of unbranched alkanes of at least 4 members (excludes halogenated alkanes) is 1. The SMILES string of the molecule is CCCCO[P@@](=O)(c1ccc(N(C)C)cc1)[C@H](O)c1ccncc1. The Morgan fingerprint density at radius 2 is 1.79 bits per heavy atom. The van der Waals surface area contributed by atoms with Gasteiger partial charge in [-0.25, -0.2) is 0 Å². The van der Waals surface area contributed by atoms with Gasteiger partial charge in [0.1, 0.15) is 0 Å². The molecule has 130 valence electrons. The molecule has 2 rings (SSSR count). The maximum absolute atomic E-state index is 13.6. The van der Waals surface area contributed by atoms with Crippen LogP contribution < -0.4 is 10.2 Å². The summed E-state index contributed by atoms with van der Waals surface area (Å²) in [5.74, 6) is -1.21. The molecule has 2 atom stereocenters. The summed E-state index contributed by atoms with van der Waals surface area (Å²) in [6.45, 7) is 2.39. The predicted octanol–water partition coefficient (Wildman–Crippen LogP) is 3.56. The van der Waals surface area contributed by atoms with Gasteiger partial charge in [-0.2, -0.15) is 0 Å². The second-order valence-electron chi connectivity index (χ2n) is 5.85. The molecule has 1 aromatic carbocycles. The Labute approximate surface area is 143 Å². The average molecular weight is 348 g/mol. The normalized spacial score (nSPS) is 14.8. The summed E-state index contributed by atoms with van der Waals surface area (Å²) in [7, 11) is 0.430. The first-order chi connectivity index (χ1) is 11.5. The average Bonchev–Trinajstić information content (AvgIpc) is 2.62. The molecular weight excluding hydrogens is 323 g/mol. The molecular formula is C18H25N2O3P. The van der Waals surface area contributed by atoms with Crippen molar-refractivity contribution in [2.24, 2.45) is 0 Å². The van der Waals surface area contributed by atoms with Crippen LogP contribution in [0.5, 0.6) is 0 Å². The molecule has 24 heavy (non-hydrogen) atoms. The largest absolute Gasteiger partial charge is 0.378 e. The van der Waals surface area contributed by atoms with E-state index >= 15 is 0 Å². The van der Waals surface area contributed by atoms with Crippen LogP contribution in [0.25, 0.3) is 0 Å². The van der Waals surface area contributed by atoms with Gasteiger partial charge in [-0.15, -0.1) is 0 Å². The van der Waals surface area contributed by atoms with Crippen molar-refractivity contribution in [2.75, 3.05) is 25.6 Å². The van der Waals surface area contributed by atoms with Gasteiger partial charge in [-0.05, 0) is 48.4 Å². The molecule has 0 aliphatic heterocycles. The lowest BCUT2D eigenvalue weighted by Crippen LogP contribution is -2.16. The fourth-order valence-electron chi connectivity index (χ4n) is 2.32. The van der Waals surface area contributed by atoms with Crippen LogP contribution in [-0.2, 0) is 9.09 Å². The van der Waals surface area contributed by atoms with Gasteiger partial charge in [-0.1, -0.05) is 13.3 Å². The van der Waals surface area contributed by atoms with Crippen LogP contribution in [0.1, 0.15) is 31.2 Å². The number of hydrogen-bond acceptors (Lipinski definition) is 5. The summed E-state index contributed by atoms with van der Waals surface area (Å²) in [6.07, 6.45) is 4.88. The highest BCUT2D eigenvalue weighted by Gasteiger charge is 2.36. The Balaban J connectivity index is 2.37. The Morgan fingerprint density at radius 1 is 1.17 bits per heavy atom. The highest BCUT2D eigenvalue weighted by Crippen LogP contribution is 2.57. The summed E-state index contributed by atoms with van der Waals surface area (Å²) in [4.78, 5) is 5.91. The summed E-state index contributed by atoms with van der Waals surface area (Å²) in [5.41, 5.74) is 1.54. The van der Waals surface area contributed by atoms with Crippen LogP contribution in [0.2, 0.25) is 0 Å². The molecule has 0 amide bonds. The number of rotatable bonds is 8. The van der Waals surface area contributed by atoms with E-state index in [1.54, 1.807) is 36.7 Å². The molecule has 1 heterocycles. The highest BCUT2D eigenvalue weighted by atomic mass is 31.2. The second-order valence-corrected chi connectivity index (χ2v) is 8.31. The summed E-state index contributed by atoms with van der Waals surface area (Å²) < 4.78 is 19.3. The number of aliphatic hydroxyl groups is 1. The van der Waals surface area contributed by atoms with Gasteiger partial charge in [0.2, 0.25) is 0 Å². The molecule has 6 heteroatoms. The second kappa shape index (κ2) is 8.43. The van der Waals surface area contributed by atoms with Crippen LogP contribution in [-0.4, -0.2) is 30.8 Å². The van der Waals surface area contributed by atoms with E-state index < -0.39 is 13.2 Å². The minimum absolute atomic E-state index is 0.353. The smallest absolute Gasteiger partial charge is 0.264 e. The minimum Gasteiger partial charge on any atom is -0.378 e. The van der Waals surface area contributed by atoms with E-state index in [9.17, 15) is 9.67 Å². The highest BCUT2D eigenvalue weighted by molar-refractivity contribution is 7.67. The van der Waals surface area contributed by atoms with Crippen molar-refractivity contribution in [1.82, 2.24) is 4.98 Å². The summed E-state index contributed by atoms with van der Waals surface area (Å²) >= 11 is 0. The zero-order valence-corrected chi connectivity index (χ0v) is 15.3. The number of aliphatic hydroxyl groups excluding tert-OH is 1. The van der Waals surface area contributed by atoms with Crippen molar-refractivity contribution in [3.63, 3.8) is 0 Å². The number of anilines is 1. The third-order valence-electron chi connectivity index (χ3n) is 3.83. The third-order valence-corrected chi connectivity index (χ3v) is 6.36. The third kappa shape index (κ3) is 4.23. The Kier molecular flexibility index (Phi) is 6.55. The Bertz CT molecular complexity index is 674. The lowest BCUT2D eigenvalue weighted by Gasteiger charge is -2.25. The minimum atomic E-state index is -3.46. The molecule has 5 nitrogen and oxygen atoms in total. The van der Waals surface area contributed by atoms with Gasteiger partial charge in [0.25, 0.3) is 7.37 Å². The van der Waals surface area contributed by atoms with E-state index in [1.165, 1.54) is 0 Å². The zero-order valence-electron chi connectivity index (χ0n) is 14.4. The van der Waals surface area contributed by atoms with Crippen LogP contribution in [0.3, 0.4) is 0 Å². The van der Waals surface area contributed by atoms with Crippen LogP contribution in [0, 0.1) is 0 Å². The fraction of sp³-hybridized carbons (Fsp3) is 0.389. The van der Waals surface area contributed by atoms with E-state index in [0.29, 0.717) is 17.5 Å². The van der Waals surface area contributed by atoms with Crippen molar-refractivity contribution < 1.29 is 14.2 Å². The summed E-state index contributed by atoms with van der Waals surface area (Å²) in [5, 5.41) is 11.3. The quantitative estimate of drug-likeness (QED) is 0.584. The van der Waals surface area contributed by atoms with Crippen LogP contribution in [0.4, 0.5) is 5.69 Å². The van der Waals surface area contributed by atoms with Crippen molar-refractivity contribution in [3.8, 4) is 0 Å². The molecule has 0 radical (unpaired) electrons. The molecule has 0 spiro atoms. The number of nitrogens with zero attached hydrogens (tertiary/aromatic N) is 2. The van der Waals surface area contributed by atoms with Crippen molar-refractivity contribution in [3.05, 3.63) is 54.4 Å². The Morgan fingerprint density at radius 3 is 2.33 bits per heavy atom. The fourth-order valence-corrected chi connectivity index (χ4v) is 4.42. The van der Waals surface area contributed by atoms with Crippen LogP contribution >= 0.6 is 7.37 Å².